The first kappa shape index (κ1) is 64.9. The van der Waals surface area contributed by atoms with Crippen LogP contribution in [0, 0.1) is 22.5 Å². The van der Waals surface area contributed by atoms with Crippen molar-refractivity contribution in [3.8, 4) is 33.8 Å². The van der Waals surface area contributed by atoms with Gasteiger partial charge in [-0.1, -0.05) is 221 Å². The van der Waals surface area contributed by atoms with Crippen LogP contribution >= 0.6 is 0 Å². The Labute approximate surface area is 601 Å². The van der Waals surface area contributed by atoms with Crippen molar-refractivity contribution >= 4 is 61.2 Å². The van der Waals surface area contributed by atoms with E-state index >= 15 is 8.78 Å². The van der Waals surface area contributed by atoms with E-state index in [9.17, 15) is 0 Å². The fourth-order valence-electron chi connectivity index (χ4n) is 16.5. The predicted molar refractivity (Wildman–Crippen MR) is 416 cm³/mol. The molecule has 2 aliphatic heterocycles. The second kappa shape index (κ2) is 26.5. The maximum absolute atomic E-state index is 16.9. The smallest absolute Gasteiger partial charge is 0.147 e. The molecule has 0 N–H and O–H groups in total. The predicted octanol–water partition coefficient (Wildman–Crippen LogP) is 23.7. The molecule has 17 rings (SSSR count). The molecule has 103 heavy (non-hydrogen) atoms. The molecule has 13 aromatic carbocycles. The van der Waals surface area contributed by atoms with Crippen LogP contribution in [0.5, 0.6) is 11.5 Å². The van der Waals surface area contributed by atoms with Gasteiger partial charge in [0.2, 0.25) is 0 Å². The van der Waals surface area contributed by atoms with Gasteiger partial charge in [0.05, 0.1) is 72.7 Å². The largest absolute Gasteiger partial charge is 0.493 e. The Morgan fingerprint density at radius 3 is 1.27 bits per heavy atom. The Morgan fingerprint density at radius 2 is 0.806 bits per heavy atom. The Bertz CT molecular complexity index is 5450. The quantitative estimate of drug-likeness (QED) is 0.0714. The lowest BCUT2D eigenvalue weighted by Crippen LogP contribution is -2.46. The van der Waals surface area contributed by atoms with Crippen LogP contribution in [0.25, 0.3) is 49.4 Å². The molecule has 6 nitrogen and oxygen atoms in total. The highest BCUT2D eigenvalue weighted by Crippen LogP contribution is 2.60. The molecule has 0 spiro atoms. The SMILES string of the molecule is C=CC1=C(/C=C\C)C(c2ccc(OCC3(CC)COC3)cc2)(c2ccc3ccccc3c2)c2cc(N(c3ccc(-c4ccc(N(c5ccc6c(c5)C(c5ccc(OCC7(CC)COC7)cc5)(c5ccc7ccccc7c5)c5ccccc5-6)c5ccccc5F)cc4)cc3)c3ccccc3F)ccc21. The van der Waals surface area contributed by atoms with Crippen LogP contribution in [0.1, 0.15) is 78.1 Å². The van der Waals surface area contributed by atoms with E-state index in [0.717, 1.165) is 141 Å². The molecule has 0 bridgehead atoms. The van der Waals surface area contributed by atoms with Gasteiger partial charge in [-0.3, -0.25) is 0 Å². The van der Waals surface area contributed by atoms with Crippen molar-refractivity contribution in [3.05, 3.63) is 378 Å². The lowest BCUT2D eigenvalue weighted by molar-refractivity contribution is -0.133. The standard InChI is InChI=1S/C95H78F2N2O4/c1-5-19-84-80(6-2)82-52-46-76(56-86(82)94(84,72-36-30-64-20-9-11-22-68(64)54-72)70-38-48-78(49-39-70)102-62-92(7-3)58-100-59-92)98(90-28-17-15-26-88(90)96)74-42-32-66(33-43-74)67-34-44-75(45-35-67)99(91-29-18-16-27-89(91)97)77-47-53-83-81-24-13-14-25-85(81)95(87(83)57-77,73-37-31-65-21-10-12-23-69(65)55-73)71-40-50-79(51-41-71)103-63-93(8-4)60-101-61-93/h5-6,9-57H,2,7-8,58-63H2,1,3-4H3/b19-5-. The lowest BCUT2D eigenvalue weighted by Gasteiger charge is -2.40. The molecule has 2 heterocycles. The van der Waals surface area contributed by atoms with Crippen molar-refractivity contribution < 1.29 is 27.7 Å². The molecule has 0 amide bonds. The molecular weight excluding hydrogens is 1270 g/mol. The summed E-state index contributed by atoms with van der Waals surface area (Å²) < 4.78 is 58.1. The normalized spacial score (nSPS) is 17.5. The molecule has 2 saturated heterocycles. The number of para-hydroxylation sites is 2. The minimum absolute atomic E-state index is 0.0177. The number of fused-ring (bicyclic) bond motifs is 6. The number of allylic oxidation sites excluding steroid dienone is 5. The van der Waals surface area contributed by atoms with Gasteiger partial charge in [-0.15, -0.1) is 0 Å². The highest BCUT2D eigenvalue weighted by molar-refractivity contribution is 5.96. The average Bonchev–Trinajstić information content (AvgIpc) is 1.56. The molecule has 2 fully saturated rings. The molecule has 4 aliphatic rings. The van der Waals surface area contributed by atoms with Crippen LogP contribution < -0.4 is 19.3 Å². The van der Waals surface area contributed by atoms with Gasteiger partial charge in [0.25, 0.3) is 0 Å². The van der Waals surface area contributed by atoms with E-state index in [2.05, 4.69) is 282 Å². The van der Waals surface area contributed by atoms with Crippen LogP contribution in [0.3, 0.4) is 0 Å². The Hall–Kier alpha value is -11.4. The van der Waals surface area contributed by atoms with Gasteiger partial charge >= 0.3 is 0 Å². The fourth-order valence-corrected chi connectivity index (χ4v) is 16.5. The van der Waals surface area contributed by atoms with Gasteiger partial charge in [0.1, 0.15) is 23.1 Å². The maximum Gasteiger partial charge on any atom is 0.147 e. The van der Waals surface area contributed by atoms with E-state index in [1.165, 1.54) is 17.7 Å². The highest BCUT2D eigenvalue weighted by Gasteiger charge is 2.49. The van der Waals surface area contributed by atoms with E-state index in [1.807, 2.05) is 40.1 Å². The number of halogens is 2. The highest BCUT2D eigenvalue weighted by atomic mass is 19.1. The summed E-state index contributed by atoms with van der Waals surface area (Å²) in [6.07, 6.45) is 8.28. The maximum atomic E-state index is 16.9. The zero-order valence-electron chi connectivity index (χ0n) is 58.1. The van der Waals surface area contributed by atoms with Crippen molar-refractivity contribution in [1.82, 2.24) is 0 Å². The monoisotopic (exact) mass is 1350 g/mol. The van der Waals surface area contributed by atoms with Crippen LogP contribution in [-0.4, -0.2) is 39.6 Å². The number of anilines is 6. The zero-order chi connectivity index (χ0) is 69.9. The summed E-state index contributed by atoms with van der Waals surface area (Å²) in [4.78, 5) is 4.05. The Morgan fingerprint density at radius 1 is 0.398 bits per heavy atom. The number of ether oxygens (including phenoxy) is 4. The summed E-state index contributed by atoms with van der Waals surface area (Å²) in [5.74, 6) is 0.903. The van der Waals surface area contributed by atoms with Gasteiger partial charge in [0, 0.05) is 22.7 Å². The molecule has 506 valence electrons. The molecule has 2 atom stereocenters. The van der Waals surface area contributed by atoms with Crippen molar-refractivity contribution in [2.24, 2.45) is 10.8 Å². The summed E-state index contributed by atoms with van der Waals surface area (Å²) in [6.45, 7) is 14.9. The number of benzene rings is 13. The summed E-state index contributed by atoms with van der Waals surface area (Å²) >= 11 is 0. The summed E-state index contributed by atoms with van der Waals surface area (Å²) in [5.41, 5.74) is 17.3. The first-order chi connectivity index (χ1) is 50.6. The molecule has 0 saturated carbocycles. The average molecular weight is 1350 g/mol. The van der Waals surface area contributed by atoms with Gasteiger partial charge in [-0.2, -0.15) is 0 Å². The Kier molecular flexibility index (Phi) is 16.7. The van der Waals surface area contributed by atoms with Crippen LogP contribution in [0.15, 0.2) is 322 Å². The van der Waals surface area contributed by atoms with Gasteiger partial charge < -0.3 is 28.7 Å². The number of rotatable bonds is 21. The third-order valence-corrected chi connectivity index (χ3v) is 22.4. The van der Waals surface area contributed by atoms with Crippen LogP contribution in [-0.2, 0) is 20.3 Å². The molecular formula is C95H78F2N2O4. The van der Waals surface area contributed by atoms with Crippen molar-refractivity contribution in [2.75, 3.05) is 49.4 Å². The van der Waals surface area contributed by atoms with Gasteiger partial charge in [-0.25, -0.2) is 8.78 Å². The lowest BCUT2D eigenvalue weighted by atomic mass is 9.66. The molecule has 8 heteroatoms. The fraction of sp³-hybridized carbons (Fsp3) is 0.158. The van der Waals surface area contributed by atoms with E-state index < -0.39 is 10.8 Å². The topological polar surface area (TPSA) is 43.4 Å². The van der Waals surface area contributed by atoms with Gasteiger partial charge in [0.15, 0.2) is 0 Å². The molecule has 2 aliphatic carbocycles. The third-order valence-electron chi connectivity index (χ3n) is 22.4. The van der Waals surface area contributed by atoms with Gasteiger partial charge in [-0.05, 0) is 228 Å². The zero-order valence-corrected chi connectivity index (χ0v) is 58.1. The summed E-state index contributed by atoms with van der Waals surface area (Å²) in [7, 11) is 0. The van der Waals surface area contributed by atoms with Crippen molar-refractivity contribution in [3.63, 3.8) is 0 Å². The summed E-state index contributed by atoms with van der Waals surface area (Å²) in [6, 6.07) is 100. The molecule has 13 aromatic rings. The van der Waals surface area contributed by atoms with Crippen molar-refractivity contribution in [2.45, 2.75) is 44.4 Å². The first-order valence-electron chi connectivity index (χ1n) is 35.9. The molecule has 2 unspecified atom stereocenters. The minimum Gasteiger partial charge on any atom is -0.493 e. The van der Waals surface area contributed by atoms with Crippen LogP contribution in [0.4, 0.5) is 42.9 Å². The second-order valence-corrected chi connectivity index (χ2v) is 28.1. The number of nitrogens with zero attached hydrogens (tertiary/aromatic N) is 2. The third kappa shape index (κ3) is 11.0. The number of hydrogen-bond acceptors (Lipinski definition) is 6. The minimum atomic E-state index is -0.850. The first-order valence-corrected chi connectivity index (χ1v) is 35.9. The number of hydrogen-bond donors (Lipinski definition) is 0. The van der Waals surface area contributed by atoms with E-state index in [4.69, 9.17) is 18.9 Å². The van der Waals surface area contributed by atoms with E-state index in [1.54, 1.807) is 12.1 Å². The van der Waals surface area contributed by atoms with Crippen molar-refractivity contribution in [1.29, 1.82) is 0 Å². The second-order valence-electron chi connectivity index (χ2n) is 28.1. The summed E-state index contributed by atoms with van der Waals surface area (Å²) in [5, 5.41) is 4.56. The van der Waals surface area contributed by atoms with E-state index in [0.29, 0.717) is 51.0 Å². The van der Waals surface area contributed by atoms with Crippen LogP contribution in [0.2, 0.25) is 0 Å². The molecule has 0 radical (unpaired) electrons. The molecule has 0 aromatic heterocycles. The Balaban J connectivity index is 0.750. The van der Waals surface area contributed by atoms with E-state index in [-0.39, 0.29) is 22.5 Å².